The zero-order chi connectivity index (χ0) is 16.2. The zero-order valence-electron chi connectivity index (χ0n) is 12.5. The predicted octanol–water partition coefficient (Wildman–Crippen LogP) is 3.65. The van der Waals surface area contributed by atoms with Crippen LogP contribution < -0.4 is 5.32 Å². The number of pyridine rings is 1. The molecular formula is C17H15BrN4O. The molecule has 116 valence electrons. The molecule has 5 nitrogen and oxygen atoms in total. The second-order valence-electron chi connectivity index (χ2n) is 5.21. The topological polar surface area (TPSA) is 59.8 Å². The number of hydrogen-bond acceptors (Lipinski definition) is 3. The molecule has 0 unspecified atom stereocenters. The van der Waals surface area contributed by atoms with E-state index >= 15 is 0 Å². The highest BCUT2D eigenvalue weighted by Crippen LogP contribution is 2.22. The minimum atomic E-state index is -0.162. The quantitative estimate of drug-likeness (QED) is 0.762. The maximum Gasteiger partial charge on any atom is 0.247 e. The fourth-order valence-corrected chi connectivity index (χ4v) is 2.54. The van der Waals surface area contributed by atoms with E-state index in [1.165, 1.54) is 0 Å². The molecule has 0 aliphatic carbocycles. The Kier molecular flexibility index (Phi) is 4.52. The van der Waals surface area contributed by atoms with Gasteiger partial charge in [-0.25, -0.2) is 4.98 Å². The van der Waals surface area contributed by atoms with Gasteiger partial charge >= 0.3 is 0 Å². The van der Waals surface area contributed by atoms with Crippen molar-refractivity contribution in [2.45, 2.75) is 13.5 Å². The summed E-state index contributed by atoms with van der Waals surface area (Å²) in [6.07, 6.45) is 5.32. The highest BCUT2D eigenvalue weighted by Gasteiger charge is 2.07. The molecule has 0 saturated heterocycles. The average molecular weight is 371 g/mol. The molecule has 0 spiro atoms. The molecule has 0 atom stereocenters. The summed E-state index contributed by atoms with van der Waals surface area (Å²) in [6, 6.07) is 11.6. The van der Waals surface area contributed by atoms with Crippen molar-refractivity contribution in [3.05, 3.63) is 65.0 Å². The van der Waals surface area contributed by atoms with Crippen LogP contribution in [0.5, 0.6) is 0 Å². The lowest BCUT2D eigenvalue weighted by molar-refractivity contribution is -0.116. The lowest BCUT2D eigenvalue weighted by Gasteiger charge is -2.04. The zero-order valence-corrected chi connectivity index (χ0v) is 14.1. The van der Waals surface area contributed by atoms with Crippen LogP contribution in [-0.2, 0) is 11.3 Å². The van der Waals surface area contributed by atoms with Crippen LogP contribution in [0.1, 0.15) is 5.56 Å². The summed E-state index contributed by atoms with van der Waals surface area (Å²) in [7, 11) is 0. The van der Waals surface area contributed by atoms with Gasteiger partial charge in [0.15, 0.2) is 0 Å². The maximum absolute atomic E-state index is 12.0. The third-order valence-electron chi connectivity index (χ3n) is 3.28. The van der Waals surface area contributed by atoms with E-state index in [0.717, 1.165) is 21.2 Å². The first-order chi connectivity index (χ1) is 11.1. The Labute approximate surface area is 142 Å². The number of aromatic nitrogens is 3. The number of aryl methyl sites for hydroxylation is 1. The van der Waals surface area contributed by atoms with Crippen LogP contribution >= 0.6 is 15.9 Å². The van der Waals surface area contributed by atoms with E-state index in [1.54, 1.807) is 23.1 Å². The first kappa shape index (κ1) is 15.4. The van der Waals surface area contributed by atoms with Crippen LogP contribution in [0, 0.1) is 6.92 Å². The number of amides is 1. The molecule has 0 fully saturated rings. The van der Waals surface area contributed by atoms with Gasteiger partial charge < -0.3 is 5.32 Å². The molecule has 1 N–H and O–H groups in total. The van der Waals surface area contributed by atoms with Crippen molar-refractivity contribution in [3.8, 4) is 11.1 Å². The summed E-state index contributed by atoms with van der Waals surface area (Å²) in [4.78, 5) is 16.2. The SMILES string of the molecule is Cc1ccc(NC(=O)Cn2cc(-c3cccc(Br)c3)cn2)nc1. The third kappa shape index (κ3) is 4.04. The summed E-state index contributed by atoms with van der Waals surface area (Å²) in [6.45, 7) is 2.09. The molecule has 0 saturated carbocycles. The van der Waals surface area contributed by atoms with Crippen molar-refractivity contribution >= 4 is 27.7 Å². The minimum Gasteiger partial charge on any atom is -0.309 e. The summed E-state index contributed by atoms with van der Waals surface area (Å²) < 4.78 is 2.62. The number of rotatable bonds is 4. The smallest absolute Gasteiger partial charge is 0.247 e. The molecule has 1 amide bonds. The van der Waals surface area contributed by atoms with Gasteiger partial charge in [-0.15, -0.1) is 0 Å². The number of carbonyl (C=O) groups is 1. The van der Waals surface area contributed by atoms with Crippen molar-refractivity contribution in [2.24, 2.45) is 0 Å². The predicted molar refractivity (Wildman–Crippen MR) is 93.0 cm³/mol. The standard InChI is InChI=1S/C17H15BrN4O/c1-12-5-6-16(19-8-12)21-17(23)11-22-10-14(9-20-22)13-3-2-4-15(18)7-13/h2-10H,11H2,1H3,(H,19,21,23). The lowest BCUT2D eigenvalue weighted by atomic mass is 10.1. The number of anilines is 1. The number of benzene rings is 1. The molecule has 0 aliphatic rings. The van der Waals surface area contributed by atoms with Gasteiger partial charge in [-0.3, -0.25) is 9.48 Å². The van der Waals surface area contributed by atoms with Gasteiger partial charge in [0.05, 0.1) is 6.20 Å². The van der Waals surface area contributed by atoms with E-state index in [0.29, 0.717) is 5.82 Å². The lowest BCUT2D eigenvalue weighted by Crippen LogP contribution is -2.19. The molecule has 2 aromatic heterocycles. The number of hydrogen-bond donors (Lipinski definition) is 1. The monoisotopic (exact) mass is 370 g/mol. The van der Waals surface area contributed by atoms with Crippen molar-refractivity contribution in [3.63, 3.8) is 0 Å². The molecule has 0 bridgehead atoms. The molecule has 3 aromatic rings. The largest absolute Gasteiger partial charge is 0.309 e. The summed E-state index contributed by atoms with van der Waals surface area (Å²) in [5.74, 6) is 0.380. The van der Waals surface area contributed by atoms with Gasteiger partial charge in [0.1, 0.15) is 12.4 Å². The molecule has 3 rings (SSSR count). The average Bonchev–Trinajstić information content (AvgIpc) is 2.98. The molecule has 0 radical (unpaired) electrons. The van der Waals surface area contributed by atoms with Crippen LogP contribution in [0.15, 0.2) is 59.5 Å². The fraction of sp³-hybridized carbons (Fsp3) is 0.118. The van der Waals surface area contributed by atoms with E-state index in [4.69, 9.17) is 0 Å². The van der Waals surface area contributed by atoms with Gasteiger partial charge in [0.2, 0.25) is 5.91 Å². The molecule has 6 heteroatoms. The van der Waals surface area contributed by atoms with Gasteiger partial charge in [0.25, 0.3) is 0 Å². The summed E-state index contributed by atoms with van der Waals surface area (Å²) in [5.41, 5.74) is 3.06. The Bertz CT molecular complexity index is 827. The van der Waals surface area contributed by atoms with Crippen molar-refractivity contribution in [1.29, 1.82) is 0 Å². The molecule has 0 aliphatic heterocycles. The number of halogens is 1. The molecule has 2 heterocycles. The first-order valence-corrected chi connectivity index (χ1v) is 7.90. The van der Waals surface area contributed by atoms with E-state index in [9.17, 15) is 4.79 Å². The Morgan fingerprint density at radius 2 is 2.09 bits per heavy atom. The second-order valence-corrected chi connectivity index (χ2v) is 6.12. The summed E-state index contributed by atoms with van der Waals surface area (Å²) in [5, 5.41) is 7.00. The number of carbonyl (C=O) groups excluding carboxylic acids is 1. The van der Waals surface area contributed by atoms with E-state index in [2.05, 4.69) is 31.3 Å². The molecular weight excluding hydrogens is 356 g/mol. The first-order valence-electron chi connectivity index (χ1n) is 7.11. The Morgan fingerprint density at radius 1 is 1.22 bits per heavy atom. The number of nitrogens with one attached hydrogen (secondary N) is 1. The fourth-order valence-electron chi connectivity index (χ4n) is 2.14. The van der Waals surface area contributed by atoms with E-state index in [-0.39, 0.29) is 12.5 Å². The summed E-state index contributed by atoms with van der Waals surface area (Å²) >= 11 is 3.45. The van der Waals surface area contributed by atoms with Crippen LogP contribution in [0.4, 0.5) is 5.82 Å². The van der Waals surface area contributed by atoms with Crippen LogP contribution in [-0.4, -0.2) is 20.7 Å². The van der Waals surface area contributed by atoms with Crippen LogP contribution in [0.3, 0.4) is 0 Å². The van der Waals surface area contributed by atoms with Gasteiger partial charge in [-0.05, 0) is 36.2 Å². The van der Waals surface area contributed by atoms with E-state index in [1.807, 2.05) is 43.5 Å². The Morgan fingerprint density at radius 3 is 2.83 bits per heavy atom. The second kappa shape index (κ2) is 6.75. The van der Waals surface area contributed by atoms with Gasteiger partial charge in [-0.1, -0.05) is 34.1 Å². The molecule has 23 heavy (non-hydrogen) atoms. The number of nitrogens with zero attached hydrogens (tertiary/aromatic N) is 3. The van der Waals surface area contributed by atoms with Crippen LogP contribution in [0.2, 0.25) is 0 Å². The van der Waals surface area contributed by atoms with Crippen LogP contribution in [0.25, 0.3) is 11.1 Å². The van der Waals surface area contributed by atoms with Gasteiger partial charge in [0, 0.05) is 22.4 Å². The van der Waals surface area contributed by atoms with Crippen molar-refractivity contribution < 1.29 is 4.79 Å². The Balaban J connectivity index is 1.66. The van der Waals surface area contributed by atoms with Gasteiger partial charge in [-0.2, -0.15) is 5.10 Å². The third-order valence-corrected chi connectivity index (χ3v) is 3.77. The van der Waals surface area contributed by atoms with Crippen molar-refractivity contribution in [2.75, 3.05) is 5.32 Å². The Hall–Kier alpha value is -2.47. The van der Waals surface area contributed by atoms with Crippen molar-refractivity contribution in [1.82, 2.24) is 14.8 Å². The highest BCUT2D eigenvalue weighted by molar-refractivity contribution is 9.10. The normalized spacial score (nSPS) is 10.5. The highest BCUT2D eigenvalue weighted by atomic mass is 79.9. The van der Waals surface area contributed by atoms with E-state index < -0.39 is 0 Å². The minimum absolute atomic E-state index is 0.142. The molecule has 1 aromatic carbocycles. The maximum atomic E-state index is 12.0.